The van der Waals surface area contributed by atoms with E-state index in [-0.39, 0.29) is 17.5 Å². The van der Waals surface area contributed by atoms with Gasteiger partial charge < -0.3 is 5.73 Å². The first-order valence-electron chi connectivity index (χ1n) is 5.59. The molecule has 8 heteroatoms. The van der Waals surface area contributed by atoms with Crippen molar-refractivity contribution >= 4 is 10.0 Å². The number of nitrogens with one attached hydrogen (secondary N) is 1. The van der Waals surface area contributed by atoms with Gasteiger partial charge in [0.25, 0.3) is 0 Å². The van der Waals surface area contributed by atoms with Gasteiger partial charge in [-0.2, -0.15) is 13.2 Å². The molecular formula is C11H15F3N2O2S. The van der Waals surface area contributed by atoms with Crippen molar-refractivity contribution in [2.75, 3.05) is 6.54 Å². The lowest BCUT2D eigenvalue weighted by Crippen LogP contribution is -2.36. The topological polar surface area (TPSA) is 72.2 Å². The number of benzene rings is 1. The Bertz CT molecular complexity index is 512. The lowest BCUT2D eigenvalue weighted by molar-refractivity contribution is -0.137. The Kier molecular flexibility index (Phi) is 4.94. The number of hydrogen-bond donors (Lipinski definition) is 2. The minimum Gasteiger partial charge on any atom is -0.327 e. The fourth-order valence-electron chi connectivity index (χ4n) is 1.27. The van der Waals surface area contributed by atoms with Crippen LogP contribution in [0.15, 0.2) is 29.2 Å². The fraction of sp³-hybridized carbons (Fsp3) is 0.455. The molecule has 0 aromatic heterocycles. The molecule has 1 aromatic carbocycles. The van der Waals surface area contributed by atoms with E-state index in [9.17, 15) is 21.6 Å². The van der Waals surface area contributed by atoms with Crippen LogP contribution in [0.1, 0.15) is 18.9 Å². The minimum absolute atomic E-state index is 0.0415. The lowest BCUT2D eigenvalue weighted by atomic mass is 10.2. The van der Waals surface area contributed by atoms with Crippen molar-refractivity contribution in [2.45, 2.75) is 30.5 Å². The first kappa shape index (κ1) is 15.9. The van der Waals surface area contributed by atoms with E-state index in [0.717, 1.165) is 24.3 Å². The highest BCUT2D eigenvalue weighted by atomic mass is 32.2. The second-order valence-electron chi connectivity index (χ2n) is 4.04. The molecule has 1 aromatic rings. The molecule has 0 heterocycles. The van der Waals surface area contributed by atoms with E-state index in [1.165, 1.54) is 0 Å². The molecule has 4 nitrogen and oxygen atoms in total. The van der Waals surface area contributed by atoms with Crippen molar-refractivity contribution in [1.29, 1.82) is 0 Å². The summed E-state index contributed by atoms with van der Waals surface area (Å²) < 4.78 is 62.8. The summed E-state index contributed by atoms with van der Waals surface area (Å²) >= 11 is 0. The van der Waals surface area contributed by atoms with Crippen molar-refractivity contribution in [2.24, 2.45) is 5.73 Å². The molecule has 1 atom stereocenters. The van der Waals surface area contributed by atoms with Crippen LogP contribution in [0, 0.1) is 0 Å². The van der Waals surface area contributed by atoms with Crippen molar-refractivity contribution in [3.05, 3.63) is 29.8 Å². The zero-order valence-electron chi connectivity index (χ0n) is 10.2. The minimum atomic E-state index is -4.49. The molecule has 0 saturated carbocycles. The monoisotopic (exact) mass is 296 g/mol. The highest BCUT2D eigenvalue weighted by Crippen LogP contribution is 2.29. The Morgan fingerprint density at radius 3 is 2.21 bits per heavy atom. The molecule has 0 saturated heterocycles. The number of alkyl halides is 3. The summed E-state index contributed by atoms with van der Waals surface area (Å²) in [5.41, 5.74) is 4.67. The number of nitrogens with two attached hydrogens (primary N) is 1. The van der Waals surface area contributed by atoms with Crippen LogP contribution >= 0.6 is 0 Å². The smallest absolute Gasteiger partial charge is 0.327 e. The molecule has 0 fully saturated rings. The van der Waals surface area contributed by atoms with E-state index in [0.29, 0.717) is 6.42 Å². The van der Waals surface area contributed by atoms with Crippen molar-refractivity contribution in [3.8, 4) is 0 Å². The summed E-state index contributed by atoms with van der Waals surface area (Å²) in [6.45, 7) is 1.84. The van der Waals surface area contributed by atoms with Crippen LogP contribution in [-0.4, -0.2) is 21.0 Å². The molecule has 0 radical (unpaired) electrons. The molecule has 0 bridgehead atoms. The van der Waals surface area contributed by atoms with E-state index in [4.69, 9.17) is 5.73 Å². The van der Waals surface area contributed by atoms with Crippen molar-refractivity contribution in [1.82, 2.24) is 4.72 Å². The first-order valence-corrected chi connectivity index (χ1v) is 7.07. The summed E-state index contributed by atoms with van der Waals surface area (Å²) in [6, 6.07) is 2.97. The largest absolute Gasteiger partial charge is 0.416 e. The third-order valence-electron chi connectivity index (χ3n) is 2.55. The Balaban J connectivity index is 2.85. The molecular weight excluding hydrogens is 281 g/mol. The quantitative estimate of drug-likeness (QED) is 0.869. The fourth-order valence-corrected chi connectivity index (χ4v) is 2.36. The summed E-state index contributed by atoms with van der Waals surface area (Å²) in [7, 11) is -3.83. The lowest BCUT2D eigenvalue weighted by Gasteiger charge is -2.12. The first-order chi connectivity index (χ1) is 8.66. The van der Waals surface area contributed by atoms with Gasteiger partial charge in [0.1, 0.15) is 0 Å². The average Bonchev–Trinajstić information content (AvgIpc) is 2.35. The zero-order valence-corrected chi connectivity index (χ0v) is 11.1. The van der Waals surface area contributed by atoms with E-state index in [2.05, 4.69) is 4.72 Å². The van der Waals surface area contributed by atoms with Gasteiger partial charge in [0, 0.05) is 12.6 Å². The maximum atomic E-state index is 12.3. The predicted molar refractivity (Wildman–Crippen MR) is 64.9 cm³/mol. The standard InChI is InChI=1S/C11H15F3N2O2S/c1-2-9(15)7-16-19(17,18)10-5-3-8(4-6-10)11(12,13)14/h3-6,9,16H,2,7,15H2,1H3. The Morgan fingerprint density at radius 2 is 1.79 bits per heavy atom. The second kappa shape index (κ2) is 5.89. The third-order valence-corrected chi connectivity index (χ3v) is 3.99. The summed E-state index contributed by atoms with van der Waals surface area (Å²) in [4.78, 5) is -0.219. The molecule has 0 aliphatic carbocycles. The van der Waals surface area contributed by atoms with Gasteiger partial charge >= 0.3 is 6.18 Å². The molecule has 0 aliphatic heterocycles. The molecule has 19 heavy (non-hydrogen) atoms. The second-order valence-corrected chi connectivity index (χ2v) is 5.81. The van der Waals surface area contributed by atoms with Crippen molar-refractivity contribution in [3.63, 3.8) is 0 Å². The highest BCUT2D eigenvalue weighted by Gasteiger charge is 2.30. The molecule has 0 amide bonds. The molecule has 1 rings (SSSR count). The van der Waals surface area contributed by atoms with E-state index >= 15 is 0 Å². The van der Waals surface area contributed by atoms with Gasteiger partial charge in [-0.15, -0.1) is 0 Å². The van der Waals surface area contributed by atoms with Gasteiger partial charge in [-0.1, -0.05) is 6.92 Å². The van der Waals surface area contributed by atoms with Gasteiger partial charge in [-0.25, -0.2) is 13.1 Å². The maximum Gasteiger partial charge on any atom is 0.416 e. The number of rotatable bonds is 5. The van der Waals surface area contributed by atoms with Crippen LogP contribution in [0.3, 0.4) is 0 Å². The van der Waals surface area contributed by atoms with Crippen LogP contribution < -0.4 is 10.5 Å². The third kappa shape index (κ3) is 4.48. The van der Waals surface area contributed by atoms with Gasteiger partial charge in [0.05, 0.1) is 10.5 Å². The molecule has 108 valence electrons. The van der Waals surface area contributed by atoms with Crippen LogP contribution in [0.25, 0.3) is 0 Å². The molecule has 0 spiro atoms. The summed E-state index contributed by atoms with van der Waals surface area (Å²) in [5, 5.41) is 0. The SMILES string of the molecule is CCC(N)CNS(=O)(=O)c1ccc(C(F)(F)F)cc1. The van der Waals surface area contributed by atoms with Gasteiger partial charge in [0.15, 0.2) is 0 Å². The summed E-state index contributed by atoms with van der Waals surface area (Å²) in [5.74, 6) is 0. The average molecular weight is 296 g/mol. The van der Waals surface area contributed by atoms with Crippen LogP contribution in [0.2, 0.25) is 0 Å². The molecule has 0 aliphatic rings. The van der Waals surface area contributed by atoms with E-state index in [1.807, 2.05) is 0 Å². The van der Waals surface area contributed by atoms with E-state index < -0.39 is 21.8 Å². The number of hydrogen-bond acceptors (Lipinski definition) is 3. The number of halogens is 3. The van der Waals surface area contributed by atoms with Gasteiger partial charge in [0.2, 0.25) is 10.0 Å². The maximum absolute atomic E-state index is 12.3. The normalized spacial score (nSPS) is 14.4. The van der Waals surface area contributed by atoms with Crippen LogP contribution in [0.4, 0.5) is 13.2 Å². The van der Waals surface area contributed by atoms with E-state index in [1.54, 1.807) is 6.92 Å². The number of sulfonamides is 1. The van der Waals surface area contributed by atoms with Crippen molar-refractivity contribution < 1.29 is 21.6 Å². The Morgan fingerprint density at radius 1 is 1.26 bits per heavy atom. The van der Waals surface area contributed by atoms with Crippen LogP contribution in [-0.2, 0) is 16.2 Å². The Hall–Kier alpha value is -1.12. The molecule has 3 N–H and O–H groups in total. The van der Waals surface area contributed by atoms with Gasteiger partial charge in [-0.3, -0.25) is 0 Å². The predicted octanol–water partition coefficient (Wildman–Crippen LogP) is 1.72. The highest BCUT2D eigenvalue weighted by molar-refractivity contribution is 7.89. The summed E-state index contributed by atoms with van der Waals surface area (Å²) in [6.07, 6.45) is -3.89. The molecule has 1 unspecified atom stereocenters. The zero-order chi connectivity index (χ0) is 14.7. The van der Waals surface area contributed by atoms with Crippen LogP contribution in [0.5, 0.6) is 0 Å². The van der Waals surface area contributed by atoms with Gasteiger partial charge in [-0.05, 0) is 30.7 Å². The Labute approximate surface area is 109 Å².